The fourth-order valence-electron chi connectivity index (χ4n) is 2.23. The number of benzene rings is 1. The third-order valence-electron chi connectivity index (χ3n) is 3.21. The van der Waals surface area contributed by atoms with Crippen LogP contribution in [0.5, 0.6) is 0 Å². The molecule has 0 aliphatic carbocycles. The van der Waals surface area contributed by atoms with Crippen molar-refractivity contribution in [1.29, 1.82) is 5.26 Å². The predicted octanol–water partition coefficient (Wildman–Crippen LogP) is 2.89. The van der Waals surface area contributed by atoms with Crippen LogP contribution in [0.4, 0.5) is 0 Å². The van der Waals surface area contributed by atoms with Crippen LogP contribution in [0.15, 0.2) is 24.3 Å². The van der Waals surface area contributed by atoms with Crippen LogP contribution in [0, 0.1) is 18.3 Å². The Bertz CT molecular complexity index is 654. The molecule has 2 aromatic rings. The molecule has 0 aliphatic heterocycles. The summed E-state index contributed by atoms with van der Waals surface area (Å²) in [4.78, 5) is 2.16. The molecule has 0 amide bonds. The summed E-state index contributed by atoms with van der Waals surface area (Å²) in [6.07, 6.45) is 0. The van der Waals surface area contributed by atoms with Gasteiger partial charge in [-0.15, -0.1) is 0 Å². The molecule has 5 heteroatoms. The van der Waals surface area contributed by atoms with Gasteiger partial charge in [-0.3, -0.25) is 9.58 Å². The van der Waals surface area contributed by atoms with E-state index in [4.69, 9.17) is 16.9 Å². The summed E-state index contributed by atoms with van der Waals surface area (Å²) in [6.45, 7) is 3.46. The summed E-state index contributed by atoms with van der Waals surface area (Å²) in [5.74, 6) is 0. The molecule has 0 saturated heterocycles. The van der Waals surface area contributed by atoms with Crippen LogP contribution >= 0.6 is 11.6 Å². The largest absolute Gasteiger partial charge is 0.298 e. The molecule has 0 spiro atoms. The first-order valence-corrected chi connectivity index (χ1v) is 6.74. The molecule has 0 N–H and O–H groups in total. The van der Waals surface area contributed by atoms with E-state index in [-0.39, 0.29) is 0 Å². The van der Waals surface area contributed by atoms with E-state index in [0.29, 0.717) is 10.7 Å². The van der Waals surface area contributed by atoms with Gasteiger partial charge in [0, 0.05) is 25.7 Å². The lowest BCUT2D eigenvalue weighted by Crippen LogP contribution is -2.17. The molecule has 1 aromatic carbocycles. The molecule has 0 radical (unpaired) electrons. The molecule has 1 aromatic heterocycles. The van der Waals surface area contributed by atoms with Gasteiger partial charge in [0.05, 0.1) is 17.3 Å². The van der Waals surface area contributed by atoms with Crippen molar-refractivity contribution < 1.29 is 0 Å². The maximum atomic E-state index is 8.91. The minimum atomic E-state index is 0.681. The van der Waals surface area contributed by atoms with Crippen LogP contribution < -0.4 is 0 Å². The first kappa shape index (κ1) is 14.6. The lowest BCUT2D eigenvalue weighted by molar-refractivity contribution is 0.318. The second-order valence-corrected chi connectivity index (χ2v) is 5.32. The summed E-state index contributed by atoms with van der Waals surface area (Å²) in [6, 6.07) is 9.81. The zero-order valence-electron chi connectivity index (χ0n) is 11.9. The Morgan fingerprint density at radius 2 is 2.15 bits per heavy atom. The highest BCUT2D eigenvalue weighted by Crippen LogP contribution is 2.20. The van der Waals surface area contributed by atoms with E-state index < -0.39 is 0 Å². The molecule has 0 unspecified atom stereocenters. The van der Waals surface area contributed by atoms with Gasteiger partial charge in [-0.25, -0.2) is 0 Å². The van der Waals surface area contributed by atoms with Gasteiger partial charge in [-0.05, 0) is 31.7 Å². The molecule has 1 heterocycles. The number of nitrogens with zero attached hydrogens (tertiary/aromatic N) is 4. The van der Waals surface area contributed by atoms with Gasteiger partial charge in [-0.1, -0.05) is 23.7 Å². The number of aromatic nitrogens is 2. The molecule has 104 valence electrons. The van der Waals surface area contributed by atoms with E-state index in [1.807, 2.05) is 45.3 Å². The maximum absolute atomic E-state index is 8.91. The van der Waals surface area contributed by atoms with E-state index in [0.717, 1.165) is 29.9 Å². The minimum absolute atomic E-state index is 0.681. The quantitative estimate of drug-likeness (QED) is 0.869. The normalized spacial score (nSPS) is 10.8. The van der Waals surface area contributed by atoms with Gasteiger partial charge in [0.1, 0.15) is 5.15 Å². The Kier molecular flexibility index (Phi) is 4.43. The van der Waals surface area contributed by atoms with Crippen molar-refractivity contribution in [2.75, 3.05) is 7.05 Å². The van der Waals surface area contributed by atoms with Crippen molar-refractivity contribution in [3.8, 4) is 6.07 Å². The van der Waals surface area contributed by atoms with Crippen molar-refractivity contribution in [2.45, 2.75) is 20.0 Å². The van der Waals surface area contributed by atoms with Crippen molar-refractivity contribution in [3.05, 3.63) is 51.8 Å². The van der Waals surface area contributed by atoms with Crippen molar-refractivity contribution in [3.63, 3.8) is 0 Å². The first-order valence-electron chi connectivity index (χ1n) is 6.37. The number of nitriles is 1. The van der Waals surface area contributed by atoms with E-state index in [2.05, 4.69) is 16.1 Å². The number of hydrogen-bond acceptors (Lipinski definition) is 3. The van der Waals surface area contributed by atoms with Gasteiger partial charge in [0.2, 0.25) is 0 Å². The highest BCUT2D eigenvalue weighted by atomic mass is 35.5. The van der Waals surface area contributed by atoms with Crippen LogP contribution in [0.3, 0.4) is 0 Å². The van der Waals surface area contributed by atoms with E-state index in [9.17, 15) is 0 Å². The summed E-state index contributed by atoms with van der Waals surface area (Å²) in [7, 11) is 3.87. The second-order valence-electron chi connectivity index (χ2n) is 4.96. The van der Waals surface area contributed by atoms with Crippen LogP contribution in [-0.2, 0) is 20.1 Å². The van der Waals surface area contributed by atoms with Crippen molar-refractivity contribution >= 4 is 11.6 Å². The number of hydrogen-bond donors (Lipinski definition) is 0. The molecular formula is C15H17ClN4. The summed E-state index contributed by atoms with van der Waals surface area (Å²) in [5.41, 5.74) is 3.80. The van der Waals surface area contributed by atoms with Gasteiger partial charge >= 0.3 is 0 Å². The number of aryl methyl sites for hydroxylation is 2. The predicted molar refractivity (Wildman–Crippen MR) is 79.3 cm³/mol. The Hall–Kier alpha value is -1.83. The fraction of sp³-hybridized carbons (Fsp3) is 0.333. The van der Waals surface area contributed by atoms with Crippen LogP contribution in [0.1, 0.15) is 22.4 Å². The molecule has 2 rings (SSSR count). The van der Waals surface area contributed by atoms with E-state index >= 15 is 0 Å². The Balaban J connectivity index is 2.09. The lowest BCUT2D eigenvalue weighted by Gasteiger charge is -2.16. The zero-order valence-corrected chi connectivity index (χ0v) is 12.6. The highest BCUT2D eigenvalue weighted by Gasteiger charge is 2.13. The van der Waals surface area contributed by atoms with Crippen molar-refractivity contribution in [2.24, 2.45) is 7.05 Å². The van der Waals surface area contributed by atoms with Gasteiger partial charge < -0.3 is 0 Å². The summed E-state index contributed by atoms with van der Waals surface area (Å²) < 4.78 is 1.69. The number of halogens is 1. The standard InChI is InChI=1S/C15H17ClN4/c1-11-14(15(16)20(3)18-11)10-19(2)9-13-6-4-5-12(7-13)8-17/h4-7H,9-10H2,1-3H3. The SMILES string of the molecule is Cc1nn(C)c(Cl)c1CN(C)Cc1cccc(C#N)c1. The molecular weight excluding hydrogens is 272 g/mol. The average Bonchev–Trinajstić information content (AvgIpc) is 2.65. The number of rotatable bonds is 4. The summed E-state index contributed by atoms with van der Waals surface area (Å²) in [5, 5.41) is 13.9. The first-order chi connectivity index (χ1) is 9.51. The summed E-state index contributed by atoms with van der Waals surface area (Å²) >= 11 is 6.24. The molecule has 20 heavy (non-hydrogen) atoms. The van der Waals surface area contributed by atoms with Gasteiger partial charge in [-0.2, -0.15) is 10.4 Å². The Morgan fingerprint density at radius 3 is 2.75 bits per heavy atom. The minimum Gasteiger partial charge on any atom is -0.298 e. The average molecular weight is 289 g/mol. The fourth-order valence-corrected chi connectivity index (χ4v) is 2.46. The molecule has 4 nitrogen and oxygen atoms in total. The third kappa shape index (κ3) is 3.19. The van der Waals surface area contributed by atoms with Crippen LogP contribution in [0.25, 0.3) is 0 Å². The van der Waals surface area contributed by atoms with Crippen LogP contribution in [0.2, 0.25) is 5.15 Å². The molecule has 0 saturated carbocycles. The van der Waals surface area contributed by atoms with Gasteiger partial charge in [0.25, 0.3) is 0 Å². The zero-order chi connectivity index (χ0) is 14.7. The van der Waals surface area contributed by atoms with E-state index in [1.54, 1.807) is 4.68 Å². The molecule has 0 bridgehead atoms. The second kappa shape index (κ2) is 6.08. The van der Waals surface area contributed by atoms with E-state index in [1.165, 1.54) is 0 Å². The highest BCUT2D eigenvalue weighted by molar-refractivity contribution is 6.30. The van der Waals surface area contributed by atoms with Crippen LogP contribution in [-0.4, -0.2) is 21.7 Å². The smallest absolute Gasteiger partial charge is 0.131 e. The van der Waals surface area contributed by atoms with Crippen molar-refractivity contribution in [1.82, 2.24) is 14.7 Å². The monoisotopic (exact) mass is 288 g/mol. The molecule has 0 atom stereocenters. The molecule has 0 fully saturated rings. The third-order valence-corrected chi connectivity index (χ3v) is 3.68. The Labute approximate surface area is 124 Å². The maximum Gasteiger partial charge on any atom is 0.131 e. The molecule has 0 aliphatic rings. The van der Waals surface area contributed by atoms with Gasteiger partial charge in [0.15, 0.2) is 0 Å². The Morgan fingerprint density at radius 1 is 1.40 bits per heavy atom. The lowest BCUT2D eigenvalue weighted by atomic mass is 10.1. The topological polar surface area (TPSA) is 44.9 Å².